The number of nitrogens with one attached hydrogen (secondary N) is 1. The van der Waals surface area contributed by atoms with Crippen LogP contribution in [-0.4, -0.2) is 69.3 Å². The number of aromatic hydroxyl groups is 2. The quantitative estimate of drug-likeness (QED) is 0.414. The van der Waals surface area contributed by atoms with Crippen LogP contribution < -0.4 is 5.69 Å². The lowest BCUT2D eigenvalue weighted by Gasteiger charge is -2.26. The van der Waals surface area contributed by atoms with Gasteiger partial charge >= 0.3 is 5.69 Å². The number of H-pyrrole nitrogens is 1. The summed E-state index contributed by atoms with van der Waals surface area (Å²) in [7, 11) is 0. The molecule has 2 aromatic carbocycles. The lowest BCUT2D eigenvalue weighted by molar-refractivity contribution is 0.0180. The minimum atomic E-state index is -0.371. The molecular weight excluding hydrogens is 436 g/mol. The first-order valence-corrected chi connectivity index (χ1v) is 11.6. The Hall–Kier alpha value is -3.14. The van der Waals surface area contributed by atoms with E-state index in [1.54, 1.807) is 6.07 Å². The summed E-state index contributed by atoms with van der Waals surface area (Å²) in [6.07, 6.45) is 0. The Kier molecular flexibility index (Phi) is 7.66. The number of ether oxygens (including phenoxy) is 2. The maximum Gasteiger partial charge on any atom is 0.343 e. The normalized spacial score (nSPS) is 14.7. The number of aromatic nitrogens is 3. The van der Waals surface area contributed by atoms with Crippen LogP contribution in [0.5, 0.6) is 11.5 Å². The van der Waals surface area contributed by atoms with Gasteiger partial charge in [0, 0.05) is 25.7 Å². The van der Waals surface area contributed by atoms with Gasteiger partial charge in [0.1, 0.15) is 11.5 Å². The molecule has 1 fully saturated rings. The summed E-state index contributed by atoms with van der Waals surface area (Å²) in [5, 5.41) is 27.2. The summed E-state index contributed by atoms with van der Waals surface area (Å²) in [4.78, 5) is 14.8. The molecule has 34 heavy (non-hydrogen) atoms. The molecule has 0 saturated carbocycles. The van der Waals surface area contributed by atoms with E-state index in [9.17, 15) is 15.0 Å². The van der Waals surface area contributed by atoms with Crippen molar-refractivity contribution in [1.29, 1.82) is 0 Å². The molecular formula is C25H32N4O5. The van der Waals surface area contributed by atoms with Crippen molar-refractivity contribution < 1.29 is 19.7 Å². The van der Waals surface area contributed by atoms with Crippen molar-refractivity contribution in [2.75, 3.05) is 39.5 Å². The molecule has 0 amide bonds. The number of aromatic amines is 1. The standard InChI is InChI=1S/C25H32N4O5/c1-17(2)20-13-21(23(31)14-22(20)30)24-26-27-25(32)29(24)15-18-3-5-19(6-4-18)16-34-12-9-28-7-10-33-11-8-28/h3-6,13-14,17,30-31H,7-12,15-16H2,1-2H3,(H,27,32). The van der Waals surface area contributed by atoms with Crippen LogP contribution in [0, 0.1) is 0 Å². The SMILES string of the molecule is CC(C)c1cc(-c2n[nH]c(=O)n2Cc2ccc(COCCN3CCOCC3)cc2)c(O)cc1O. The first kappa shape index (κ1) is 24.0. The Morgan fingerprint density at radius 2 is 1.79 bits per heavy atom. The lowest BCUT2D eigenvalue weighted by atomic mass is 9.98. The molecule has 0 spiro atoms. The second-order valence-corrected chi connectivity index (χ2v) is 8.84. The Morgan fingerprint density at radius 3 is 2.50 bits per heavy atom. The van der Waals surface area contributed by atoms with Gasteiger partial charge in [-0.3, -0.25) is 9.47 Å². The van der Waals surface area contributed by atoms with Gasteiger partial charge in [-0.1, -0.05) is 38.1 Å². The van der Waals surface area contributed by atoms with Gasteiger partial charge < -0.3 is 19.7 Å². The van der Waals surface area contributed by atoms with Crippen molar-refractivity contribution in [3.8, 4) is 22.9 Å². The van der Waals surface area contributed by atoms with Gasteiger partial charge in [-0.15, -0.1) is 0 Å². The van der Waals surface area contributed by atoms with E-state index < -0.39 is 0 Å². The number of phenolic OH excluding ortho intramolecular Hbond substituents is 2. The van der Waals surface area contributed by atoms with E-state index in [4.69, 9.17) is 9.47 Å². The summed E-state index contributed by atoms with van der Waals surface area (Å²) in [5.41, 5.74) is 2.68. The molecule has 0 bridgehead atoms. The predicted molar refractivity (Wildman–Crippen MR) is 128 cm³/mol. The second-order valence-electron chi connectivity index (χ2n) is 8.84. The second kappa shape index (κ2) is 10.9. The molecule has 1 aliphatic heterocycles. The number of benzene rings is 2. The highest BCUT2D eigenvalue weighted by molar-refractivity contribution is 5.67. The molecule has 0 unspecified atom stereocenters. The molecule has 1 aliphatic rings. The number of hydrogen-bond donors (Lipinski definition) is 3. The van der Waals surface area contributed by atoms with Crippen LogP contribution in [0.2, 0.25) is 0 Å². The van der Waals surface area contributed by atoms with Crippen molar-refractivity contribution >= 4 is 0 Å². The molecule has 0 atom stereocenters. The molecule has 1 saturated heterocycles. The molecule has 9 nitrogen and oxygen atoms in total. The van der Waals surface area contributed by atoms with Gasteiger partial charge in [-0.05, 0) is 28.7 Å². The van der Waals surface area contributed by atoms with E-state index in [-0.39, 0.29) is 23.1 Å². The van der Waals surface area contributed by atoms with Crippen LogP contribution in [0.3, 0.4) is 0 Å². The van der Waals surface area contributed by atoms with Crippen molar-refractivity contribution in [1.82, 2.24) is 19.7 Å². The third-order valence-electron chi connectivity index (χ3n) is 6.05. The van der Waals surface area contributed by atoms with Crippen LogP contribution in [0.4, 0.5) is 0 Å². The van der Waals surface area contributed by atoms with Crippen LogP contribution in [0.25, 0.3) is 11.4 Å². The highest BCUT2D eigenvalue weighted by Gasteiger charge is 2.19. The van der Waals surface area contributed by atoms with Crippen molar-refractivity contribution in [3.63, 3.8) is 0 Å². The molecule has 2 heterocycles. The number of nitrogens with zero attached hydrogens (tertiary/aromatic N) is 3. The first-order chi connectivity index (χ1) is 16.4. The van der Waals surface area contributed by atoms with E-state index in [0.29, 0.717) is 36.7 Å². The third-order valence-corrected chi connectivity index (χ3v) is 6.05. The van der Waals surface area contributed by atoms with E-state index in [1.807, 2.05) is 38.1 Å². The van der Waals surface area contributed by atoms with Crippen LogP contribution in [-0.2, 0) is 22.6 Å². The maximum absolute atomic E-state index is 12.5. The van der Waals surface area contributed by atoms with Gasteiger partial charge in [0.15, 0.2) is 5.82 Å². The van der Waals surface area contributed by atoms with E-state index in [1.165, 1.54) is 10.6 Å². The van der Waals surface area contributed by atoms with E-state index in [0.717, 1.165) is 44.0 Å². The average Bonchev–Trinajstić information content (AvgIpc) is 3.18. The number of phenols is 2. The minimum absolute atomic E-state index is 0.0171. The number of rotatable bonds is 9. The zero-order chi connectivity index (χ0) is 24.1. The first-order valence-electron chi connectivity index (χ1n) is 11.6. The fourth-order valence-electron chi connectivity index (χ4n) is 4.04. The third kappa shape index (κ3) is 5.67. The van der Waals surface area contributed by atoms with Crippen LogP contribution in [0.1, 0.15) is 36.5 Å². The summed E-state index contributed by atoms with van der Waals surface area (Å²) < 4.78 is 12.6. The molecule has 182 valence electrons. The summed E-state index contributed by atoms with van der Waals surface area (Å²) in [6.45, 7) is 9.76. The van der Waals surface area contributed by atoms with Crippen LogP contribution >= 0.6 is 0 Å². The highest BCUT2D eigenvalue weighted by atomic mass is 16.5. The van der Waals surface area contributed by atoms with Gasteiger partial charge in [0.2, 0.25) is 0 Å². The zero-order valence-corrected chi connectivity index (χ0v) is 19.7. The van der Waals surface area contributed by atoms with E-state index in [2.05, 4.69) is 15.1 Å². The van der Waals surface area contributed by atoms with Gasteiger partial charge in [0.25, 0.3) is 0 Å². The smallest absolute Gasteiger partial charge is 0.343 e. The molecule has 0 radical (unpaired) electrons. The largest absolute Gasteiger partial charge is 0.508 e. The van der Waals surface area contributed by atoms with Crippen LogP contribution in [0.15, 0.2) is 41.2 Å². The maximum atomic E-state index is 12.5. The molecule has 1 aromatic heterocycles. The molecule has 0 aliphatic carbocycles. The zero-order valence-electron chi connectivity index (χ0n) is 19.7. The molecule has 3 aromatic rings. The predicted octanol–water partition coefficient (Wildman–Crippen LogP) is 2.67. The Morgan fingerprint density at radius 1 is 1.09 bits per heavy atom. The highest BCUT2D eigenvalue weighted by Crippen LogP contribution is 2.36. The van der Waals surface area contributed by atoms with Gasteiger partial charge in [-0.2, -0.15) is 5.10 Å². The Bertz CT molecular complexity index is 1150. The van der Waals surface area contributed by atoms with E-state index >= 15 is 0 Å². The number of hydrogen-bond acceptors (Lipinski definition) is 7. The minimum Gasteiger partial charge on any atom is -0.508 e. The fraction of sp³-hybridized carbons (Fsp3) is 0.440. The van der Waals surface area contributed by atoms with Crippen molar-refractivity contribution in [3.05, 3.63) is 63.6 Å². The fourth-order valence-corrected chi connectivity index (χ4v) is 4.04. The molecule has 4 rings (SSSR count). The molecule has 9 heteroatoms. The van der Waals surface area contributed by atoms with Crippen molar-refractivity contribution in [2.45, 2.75) is 32.9 Å². The summed E-state index contributed by atoms with van der Waals surface area (Å²) in [5.74, 6) is 0.247. The Balaban J connectivity index is 1.41. The topological polar surface area (TPSA) is 113 Å². The van der Waals surface area contributed by atoms with Crippen molar-refractivity contribution in [2.24, 2.45) is 0 Å². The number of morpholine rings is 1. The lowest BCUT2D eigenvalue weighted by Crippen LogP contribution is -2.38. The summed E-state index contributed by atoms with van der Waals surface area (Å²) >= 11 is 0. The monoisotopic (exact) mass is 468 g/mol. The Labute approximate surface area is 198 Å². The molecule has 3 N–H and O–H groups in total. The van der Waals surface area contributed by atoms with Gasteiger partial charge in [-0.25, -0.2) is 9.89 Å². The average molecular weight is 469 g/mol. The van der Waals surface area contributed by atoms with Gasteiger partial charge in [0.05, 0.1) is 38.5 Å². The summed E-state index contributed by atoms with van der Waals surface area (Å²) in [6, 6.07) is 10.9.